The fraction of sp³-hybridized carbons (Fsp3) is 0.478. The van der Waals surface area contributed by atoms with Crippen LogP contribution in [0.3, 0.4) is 0 Å². The maximum atomic E-state index is 16.5. The van der Waals surface area contributed by atoms with E-state index in [2.05, 4.69) is 40.3 Å². The number of hydrogen-bond acceptors (Lipinski definition) is 17. The summed E-state index contributed by atoms with van der Waals surface area (Å²) in [7, 11) is 1.18. The van der Waals surface area contributed by atoms with Crippen molar-refractivity contribution in [2.45, 2.75) is 168 Å². The average Bonchev–Trinajstić information content (AvgIpc) is 1.63. The molecule has 4 N–H and O–H groups in total. The Morgan fingerprint density at radius 2 is 1.09 bits per heavy atom. The smallest absolute Gasteiger partial charge is 0.306 e. The van der Waals surface area contributed by atoms with Crippen molar-refractivity contribution in [1.29, 1.82) is 0 Å². The molecule has 4 atom stereocenters. The van der Waals surface area contributed by atoms with Gasteiger partial charge in [-0.25, -0.2) is 68.8 Å². The quantitative estimate of drug-likeness (QED) is 0.0420. The van der Waals surface area contributed by atoms with Gasteiger partial charge in [0, 0.05) is 22.1 Å². The van der Waals surface area contributed by atoms with E-state index in [1.165, 1.54) is 78.8 Å². The van der Waals surface area contributed by atoms with Crippen molar-refractivity contribution >= 4 is 58.9 Å². The lowest BCUT2D eigenvalue weighted by Crippen LogP contribution is -2.47. The molecule has 12 rings (SSSR count). The van der Waals surface area contributed by atoms with Crippen molar-refractivity contribution < 1.29 is 77.3 Å². The van der Waals surface area contributed by atoms with Crippen molar-refractivity contribution in [3.63, 3.8) is 0 Å². The summed E-state index contributed by atoms with van der Waals surface area (Å²) in [5.41, 5.74) is 4.96. The number of aromatic nitrogens is 9. The number of aliphatic imine (C=N–C) groups is 2. The second kappa shape index (κ2) is 27.8. The van der Waals surface area contributed by atoms with E-state index >= 15 is 17.6 Å². The molecule has 103 heavy (non-hydrogen) atoms. The minimum Gasteiger partial charge on any atom is -0.494 e. The van der Waals surface area contributed by atoms with Crippen LogP contribution in [0.4, 0.5) is 43.9 Å². The second-order valence-corrected chi connectivity index (χ2v) is 30.1. The van der Waals surface area contributed by atoms with E-state index in [-0.39, 0.29) is 105 Å². The van der Waals surface area contributed by atoms with Gasteiger partial charge < -0.3 is 25.7 Å². The summed E-state index contributed by atoms with van der Waals surface area (Å²) in [5, 5.41) is 16.2. The third-order valence-electron chi connectivity index (χ3n) is 18.8. The first-order valence-corrected chi connectivity index (χ1v) is 33.5. The lowest BCUT2D eigenvalue weighted by molar-refractivity contribution is -0.153. The van der Waals surface area contributed by atoms with Gasteiger partial charge in [-0.3, -0.25) is 29.0 Å². The largest absolute Gasteiger partial charge is 0.494 e. The third kappa shape index (κ3) is 15.0. The first-order valence-electron chi connectivity index (χ1n) is 32.7. The number of esters is 2. The molecule has 0 saturated heterocycles. The monoisotopic (exact) mass is 1480 g/mol. The average molecular weight is 1490 g/mol. The number of rotatable bonds is 24. The molecule has 0 radical (unpaired) electrons. The minimum atomic E-state index is -3.17. The zero-order chi connectivity index (χ0) is 75.0. The van der Waals surface area contributed by atoms with Crippen molar-refractivity contribution in [2.24, 2.45) is 43.1 Å². The van der Waals surface area contributed by atoms with Gasteiger partial charge in [0.15, 0.2) is 57.8 Å². The number of nitrogens with zero attached hydrogens (tertiary/aromatic N) is 13. The lowest BCUT2D eigenvalue weighted by Gasteiger charge is -2.35. The summed E-state index contributed by atoms with van der Waals surface area (Å²) in [6.07, 6.45) is -0.00782. The molecule has 550 valence electrons. The molecule has 2 aliphatic heterocycles. The number of carbonyl (C=O) groups excluding carboxylic acids is 4. The Bertz CT molecular complexity index is 4520. The number of amides is 2. The SMILES string of the molecule is CC(C)(C)C[C@]1(c2ccc(-c3cnn(C4CC4)n3)c(F)c2F)N=C(N)N([C@H](COC(=O)CC2(C(C)(F)F)CC2)c2ccc(Cl)c(-n3ncnc3C(F)F)c2)C1=O.COc1ccc([C@@]2(CC(C)(C)C)N=C(N)N([C@H](COC(=O)CC3(C)CC3)c3ccc(Cl)c(-n4ncnc4C(F)F)c3)C2=O)c(F)c1F. The Hall–Kier alpha value is -9.20. The number of carbonyl (C=O) groups is 4. The highest BCUT2D eigenvalue weighted by Crippen LogP contribution is 2.59. The molecule has 3 fully saturated rings. The van der Waals surface area contributed by atoms with Crippen LogP contribution in [0.1, 0.15) is 184 Å². The van der Waals surface area contributed by atoms with Crippen LogP contribution in [0.5, 0.6) is 5.75 Å². The summed E-state index contributed by atoms with van der Waals surface area (Å²) in [6.45, 7) is 12.2. The van der Waals surface area contributed by atoms with Crippen LogP contribution < -0.4 is 16.2 Å². The van der Waals surface area contributed by atoms with Gasteiger partial charge in [0.2, 0.25) is 5.82 Å². The Kier molecular flexibility index (Phi) is 20.2. The number of ether oxygens (including phenoxy) is 3. The zero-order valence-corrected chi connectivity index (χ0v) is 58.8. The molecule has 3 aromatic heterocycles. The summed E-state index contributed by atoms with van der Waals surface area (Å²) in [4.78, 5) is 75.4. The minimum absolute atomic E-state index is 0.00478. The standard InChI is InChI=1S/C37H38ClF6N9O3.C32H35ClF4N6O4/c1-34(2,3)17-37(22-9-8-21(28(39)29(22)40)24-15-47-53(50-24)20-6-7-20)32(55)51(33(45)49-37)26(16-56-27(54)14-36(11-12-36)35(4,43)44)19-5-10-23(38)25(13-19)52-31(30(41)42)46-18-48-52;1-30(2,3)15-32(18-7-9-22(46-5)25(35)24(18)34)28(45)42(29(38)41-32)21(14-47-23(44)13-31(4)10-11-31)17-6-8-19(33)20(12-17)43-27(26(36)37)39-16-40-43/h5,8-10,13,15,18,20,26,30H,6-7,11-12,14,16-17H2,1-4H3,(H2,45,49);6-9,12,16,21,26H,10-11,13-15H2,1-5H3,(H2,38,41)/t26-,37-;21-,32-/m11/s1. The zero-order valence-electron chi connectivity index (χ0n) is 57.2. The number of methoxy groups -OCH3 is 1. The first-order chi connectivity index (χ1) is 48.2. The molecule has 3 saturated carbocycles. The summed E-state index contributed by atoms with van der Waals surface area (Å²) in [5.74, 6) is -14.4. The molecule has 34 heteroatoms. The van der Waals surface area contributed by atoms with Gasteiger partial charge in [-0.2, -0.15) is 29.6 Å². The molecule has 4 aromatic carbocycles. The van der Waals surface area contributed by atoms with Gasteiger partial charge in [0.1, 0.15) is 31.6 Å². The van der Waals surface area contributed by atoms with E-state index in [9.17, 15) is 45.5 Å². The highest BCUT2D eigenvalue weighted by Gasteiger charge is 2.61. The molecule has 0 unspecified atom stereocenters. The van der Waals surface area contributed by atoms with Gasteiger partial charge in [-0.15, -0.1) is 0 Å². The molecular formula is C69H73Cl2F10N15O7. The second-order valence-electron chi connectivity index (χ2n) is 29.3. The van der Waals surface area contributed by atoms with Gasteiger partial charge in [-0.1, -0.05) is 89.9 Å². The summed E-state index contributed by atoms with van der Waals surface area (Å²) >= 11 is 12.8. The van der Waals surface area contributed by atoms with Crippen LogP contribution >= 0.6 is 23.2 Å². The van der Waals surface area contributed by atoms with Crippen molar-refractivity contribution in [1.82, 2.24) is 54.3 Å². The van der Waals surface area contributed by atoms with E-state index in [0.29, 0.717) is 0 Å². The maximum Gasteiger partial charge on any atom is 0.306 e. The Balaban J connectivity index is 0.000000210. The number of halogens is 12. The fourth-order valence-corrected chi connectivity index (χ4v) is 13.5. The Morgan fingerprint density at radius 1 is 0.631 bits per heavy atom. The molecule has 0 bridgehead atoms. The molecule has 0 spiro atoms. The fourth-order valence-electron chi connectivity index (χ4n) is 13.1. The van der Waals surface area contributed by atoms with Gasteiger partial charge in [0.05, 0.1) is 65.7 Å². The van der Waals surface area contributed by atoms with Crippen LogP contribution in [0, 0.1) is 44.9 Å². The van der Waals surface area contributed by atoms with E-state index in [1.54, 1.807) is 41.5 Å². The van der Waals surface area contributed by atoms with Gasteiger partial charge >= 0.3 is 11.9 Å². The number of guanidine groups is 2. The first kappa shape index (κ1) is 75.0. The molecule has 3 aliphatic carbocycles. The number of alkyl halides is 6. The molecule has 2 amide bonds. The van der Waals surface area contributed by atoms with Crippen LogP contribution in [-0.2, 0) is 39.7 Å². The third-order valence-corrected chi connectivity index (χ3v) is 19.4. The normalized spacial score (nSPS) is 19.9. The predicted molar refractivity (Wildman–Crippen MR) is 354 cm³/mol. The topological polar surface area (TPSA) is 271 Å². The lowest BCUT2D eigenvalue weighted by atomic mass is 9.75. The van der Waals surface area contributed by atoms with Crippen LogP contribution in [0.2, 0.25) is 10.0 Å². The van der Waals surface area contributed by atoms with Gasteiger partial charge in [-0.05, 0) is 128 Å². The van der Waals surface area contributed by atoms with Crippen LogP contribution in [0.15, 0.2) is 89.5 Å². The van der Waals surface area contributed by atoms with E-state index in [1.807, 2.05) is 6.92 Å². The van der Waals surface area contributed by atoms with E-state index < -0.39 is 148 Å². The van der Waals surface area contributed by atoms with E-state index in [0.717, 1.165) is 64.4 Å². The van der Waals surface area contributed by atoms with Crippen molar-refractivity contribution in [3.05, 3.63) is 147 Å². The summed E-state index contributed by atoms with van der Waals surface area (Å²) in [6, 6.07) is 10.7. The van der Waals surface area contributed by atoms with Crippen molar-refractivity contribution in [3.8, 4) is 28.4 Å². The number of hydrogen-bond donors (Lipinski definition) is 2. The number of nitrogens with two attached hydrogens (primary N) is 2. The molecule has 22 nitrogen and oxygen atoms in total. The Morgan fingerprint density at radius 3 is 1.50 bits per heavy atom. The Labute approximate surface area is 594 Å². The van der Waals surface area contributed by atoms with Crippen LogP contribution in [-0.4, -0.2) is 116 Å². The van der Waals surface area contributed by atoms with Gasteiger partial charge in [0.25, 0.3) is 30.6 Å². The molecule has 5 heterocycles. The molecular weight excluding hydrogens is 1410 g/mol. The maximum absolute atomic E-state index is 16.5. The van der Waals surface area contributed by atoms with Crippen molar-refractivity contribution in [2.75, 3.05) is 20.3 Å². The predicted octanol–water partition coefficient (Wildman–Crippen LogP) is 14.0. The van der Waals surface area contributed by atoms with E-state index in [4.69, 9.17) is 48.9 Å². The number of benzene rings is 4. The highest BCUT2D eigenvalue weighted by atomic mass is 35.5. The molecule has 7 aromatic rings. The molecule has 5 aliphatic rings. The summed E-state index contributed by atoms with van der Waals surface area (Å²) < 4.78 is 165. The van der Waals surface area contributed by atoms with Crippen LogP contribution in [0.25, 0.3) is 22.6 Å². The highest BCUT2D eigenvalue weighted by molar-refractivity contribution is 6.32.